The third-order valence-corrected chi connectivity index (χ3v) is 0. The van der Waals surface area contributed by atoms with Gasteiger partial charge in [-0.05, 0) is 0 Å². The topological polar surface area (TPSA) is 0 Å². The van der Waals surface area contributed by atoms with E-state index < -0.39 is 0 Å². The fourth-order valence-corrected chi connectivity index (χ4v) is 0. The Balaban J connectivity index is 0. The normalized spacial score (nSPS) is 0. The minimum atomic E-state index is 0. The van der Waals surface area contributed by atoms with Gasteiger partial charge in [0.25, 0.3) is 0 Å². The predicted molar refractivity (Wildman–Crippen MR) is 11.5 cm³/mol. The number of hydrogen-bond acceptors (Lipinski definition) is 0. The van der Waals surface area contributed by atoms with Crippen LogP contribution in [0.25, 0.3) is 0 Å². The fraction of sp³-hybridized carbons (Fsp3) is 0. The molecule has 0 atom stereocenters. The van der Waals surface area contributed by atoms with Crippen molar-refractivity contribution in [3.05, 3.63) is 0 Å². The van der Waals surface area contributed by atoms with E-state index in [-0.39, 0.29) is 107 Å². The third-order valence-electron chi connectivity index (χ3n) is 0. The molecular formula is BCaCrCuZr. The van der Waals surface area contributed by atoms with E-state index in [4.69, 9.17) is 0 Å². The molecule has 0 bridgehead atoms. The summed E-state index contributed by atoms with van der Waals surface area (Å²) in [6.07, 6.45) is 0. The molecule has 0 fully saturated rings. The summed E-state index contributed by atoms with van der Waals surface area (Å²) in [6.45, 7) is 0. The molecule has 0 spiro atoms. The monoisotopic (exact) mass is 256 g/mol. The summed E-state index contributed by atoms with van der Waals surface area (Å²) >= 11 is 0. The van der Waals surface area contributed by atoms with Gasteiger partial charge in [-0.25, -0.2) is 0 Å². The summed E-state index contributed by atoms with van der Waals surface area (Å²) < 4.78 is 0. The Morgan fingerprint density at radius 2 is 1.00 bits per heavy atom. The molecule has 0 amide bonds. The van der Waals surface area contributed by atoms with Gasteiger partial charge in [-0.15, -0.1) is 0 Å². The fourth-order valence-electron chi connectivity index (χ4n) is 0. The van der Waals surface area contributed by atoms with Crippen molar-refractivity contribution in [2.45, 2.75) is 0 Å². The van der Waals surface area contributed by atoms with Crippen molar-refractivity contribution >= 4 is 46.2 Å². The minimum absolute atomic E-state index is 0. The summed E-state index contributed by atoms with van der Waals surface area (Å²) in [6, 6.07) is 0. The molecule has 0 unspecified atom stereocenters. The van der Waals surface area contributed by atoms with Crippen molar-refractivity contribution in [3.8, 4) is 0 Å². The molecule has 0 rings (SSSR count). The van der Waals surface area contributed by atoms with E-state index in [2.05, 4.69) is 0 Å². The summed E-state index contributed by atoms with van der Waals surface area (Å²) in [5.41, 5.74) is 0. The average Bonchev–Trinajstić information content (AvgIpc) is 0. The first-order valence-corrected chi connectivity index (χ1v) is 0. The molecule has 0 aromatic heterocycles. The Bertz CT molecular complexity index is 11.6. The van der Waals surface area contributed by atoms with Gasteiger partial charge in [-0.1, -0.05) is 0 Å². The molecule has 0 saturated heterocycles. The largest absolute Gasteiger partial charge is 0 e. The minimum Gasteiger partial charge on any atom is 0 e. The van der Waals surface area contributed by atoms with Crippen LogP contribution in [0.2, 0.25) is 0 Å². The van der Waals surface area contributed by atoms with Crippen LogP contribution in [0.1, 0.15) is 0 Å². The Labute approximate surface area is 105 Å². The summed E-state index contributed by atoms with van der Waals surface area (Å²) in [4.78, 5) is 0. The number of hydrogen-bond donors (Lipinski definition) is 0. The summed E-state index contributed by atoms with van der Waals surface area (Å²) in [7, 11) is 0. The molecule has 26 valence electrons. The van der Waals surface area contributed by atoms with E-state index in [0.717, 1.165) is 0 Å². The molecule has 0 heterocycles. The predicted octanol–water partition coefficient (Wildman–Crippen LogP) is -0.769. The Morgan fingerprint density at radius 1 is 1.00 bits per heavy atom. The smallest absolute Gasteiger partial charge is 0 e. The average molecular weight is 258 g/mol. The first-order chi connectivity index (χ1) is 0. The second kappa shape index (κ2) is 26.8. The zero-order valence-electron chi connectivity index (χ0n) is 2.49. The van der Waals surface area contributed by atoms with Crippen LogP contribution in [0.3, 0.4) is 0 Å². The first-order valence-electron chi connectivity index (χ1n) is 0. The van der Waals surface area contributed by atoms with Gasteiger partial charge in [0.15, 0.2) is 0 Å². The van der Waals surface area contributed by atoms with Crippen molar-refractivity contribution in [2.75, 3.05) is 0 Å². The quantitative estimate of drug-likeness (QED) is 0.500. The molecule has 0 aliphatic carbocycles. The SMILES string of the molecule is [B].[Ca].[Cr].[Cu].[Zr]. The van der Waals surface area contributed by atoms with E-state index in [1.165, 1.54) is 0 Å². The van der Waals surface area contributed by atoms with Gasteiger partial charge in [0.2, 0.25) is 0 Å². The van der Waals surface area contributed by atoms with Crippen LogP contribution in [-0.4, -0.2) is 46.2 Å². The zero-order chi connectivity index (χ0) is 0. The second-order valence-electron chi connectivity index (χ2n) is 0. The van der Waals surface area contributed by atoms with Crippen LogP contribution in [0.4, 0.5) is 0 Å². The van der Waals surface area contributed by atoms with E-state index >= 15 is 0 Å². The molecule has 0 N–H and O–H groups in total. The van der Waals surface area contributed by atoms with E-state index in [0.29, 0.717) is 0 Å². The van der Waals surface area contributed by atoms with Crippen LogP contribution < -0.4 is 0 Å². The van der Waals surface area contributed by atoms with E-state index in [9.17, 15) is 0 Å². The van der Waals surface area contributed by atoms with Gasteiger partial charge in [-0.2, -0.15) is 0 Å². The van der Waals surface area contributed by atoms with Gasteiger partial charge in [-0.3, -0.25) is 0 Å². The molecule has 0 aliphatic heterocycles. The first kappa shape index (κ1) is 41.0. The van der Waals surface area contributed by atoms with Crippen molar-refractivity contribution in [1.29, 1.82) is 0 Å². The molecule has 6 radical (unpaired) electrons. The van der Waals surface area contributed by atoms with Crippen molar-refractivity contribution in [2.24, 2.45) is 0 Å². The van der Waals surface area contributed by atoms with Crippen LogP contribution in [0.5, 0.6) is 0 Å². The molecule has 0 aliphatic rings. The Hall–Kier alpha value is 3.26. The molecule has 5 heteroatoms. The third kappa shape index (κ3) is 18.9. The summed E-state index contributed by atoms with van der Waals surface area (Å²) in [5, 5.41) is 0. The van der Waals surface area contributed by atoms with Crippen LogP contribution in [0, 0.1) is 0 Å². The molecule has 0 nitrogen and oxygen atoms in total. The van der Waals surface area contributed by atoms with E-state index in [1.807, 2.05) is 0 Å². The molecule has 5 heavy (non-hydrogen) atoms. The van der Waals surface area contributed by atoms with E-state index in [1.54, 1.807) is 0 Å². The van der Waals surface area contributed by atoms with Crippen molar-refractivity contribution in [3.63, 3.8) is 0 Å². The second-order valence-corrected chi connectivity index (χ2v) is 0. The van der Waals surface area contributed by atoms with Crippen molar-refractivity contribution in [1.82, 2.24) is 0 Å². The van der Waals surface area contributed by atoms with Gasteiger partial charge in [0.05, 0.1) is 0 Å². The van der Waals surface area contributed by atoms with Gasteiger partial charge >= 0.3 is 0 Å². The maximum Gasteiger partial charge on any atom is 0 e. The Kier molecular flexibility index (Phi) is 219. The summed E-state index contributed by atoms with van der Waals surface area (Å²) in [5.74, 6) is 0. The maximum atomic E-state index is 0. The molecule has 0 aromatic carbocycles. The van der Waals surface area contributed by atoms with Crippen LogP contribution in [0.15, 0.2) is 0 Å². The zero-order valence-corrected chi connectivity index (χ0v) is 9.38. The Morgan fingerprint density at radius 3 is 1.00 bits per heavy atom. The van der Waals surface area contributed by atoms with Crippen LogP contribution >= 0.6 is 0 Å². The van der Waals surface area contributed by atoms with Gasteiger partial charge in [0, 0.05) is 107 Å². The van der Waals surface area contributed by atoms with Gasteiger partial charge < -0.3 is 0 Å². The van der Waals surface area contributed by atoms with Crippen LogP contribution in [-0.2, 0) is 60.6 Å². The molecule has 0 aromatic rings. The van der Waals surface area contributed by atoms with Gasteiger partial charge in [0.1, 0.15) is 0 Å². The molecule has 0 saturated carbocycles. The maximum absolute atomic E-state index is 0. The molecular weight excluding hydrogens is 258 g/mol. The van der Waals surface area contributed by atoms with Crippen molar-refractivity contribution < 1.29 is 60.6 Å². The standard InChI is InChI=1S/B.Ca.Cr.Cu.Zr. The number of rotatable bonds is 0.